The third-order valence-corrected chi connectivity index (χ3v) is 4.53. The average molecular weight is 288 g/mol. The van der Waals surface area contributed by atoms with Gasteiger partial charge in [0.2, 0.25) is 0 Å². The molecule has 1 aromatic carbocycles. The Bertz CT molecular complexity index is 502. The molecule has 4 heteroatoms. The summed E-state index contributed by atoms with van der Waals surface area (Å²) in [6, 6.07) is 8.29. The zero-order valence-corrected chi connectivity index (χ0v) is 12.9. The Hall–Kier alpha value is -1.57. The van der Waals surface area contributed by atoms with Crippen LogP contribution in [-0.4, -0.2) is 36.8 Å². The molecule has 21 heavy (non-hydrogen) atoms. The van der Waals surface area contributed by atoms with Crippen LogP contribution >= 0.6 is 0 Å². The number of rotatable bonds is 5. The Morgan fingerprint density at radius 1 is 1.33 bits per heavy atom. The first-order valence-corrected chi connectivity index (χ1v) is 7.56. The summed E-state index contributed by atoms with van der Waals surface area (Å²) in [5, 5.41) is 18.3. The number of nitrogens with zero attached hydrogens (tertiary/aromatic N) is 2. The predicted molar refractivity (Wildman–Crippen MR) is 82.0 cm³/mol. The van der Waals surface area contributed by atoms with Crippen molar-refractivity contribution in [3.63, 3.8) is 0 Å². The topological polar surface area (TPSA) is 56.5 Å². The Balaban J connectivity index is 2.02. The van der Waals surface area contributed by atoms with E-state index >= 15 is 0 Å². The van der Waals surface area contributed by atoms with Crippen molar-refractivity contribution in [2.45, 2.75) is 38.3 Å². The van der Waals surface area contributed by atoms with Crippen LogP contribution in [0.3, 0.4) is 0 Å². The molecule has 1 aliphatic rings. The summed E-state index contributed by atoms with van der Waals surface area (Å²) in [7, 11) is 3.79. The third kappa shape index (κ3) is 3.96. The first-order valence-electron chi connectivity index (χ1n) is 7.56. The van der Waals surface area contributed by atoms with Gasteiger partial charge in [-0.15, -0.1) is 0 Å². The molecule has 1 aliphatic carbocycles. The highest BCUT2D eigenvalue weighted by molar-refractivity contribution is 5.42. The molecule has 0 saturated heterocycles. The van der Waals surface area contributed by atoms with Gasteiger partial charge < -0.3 is 9.84 Å². The molecule has 4 nitrogen and oxygen atoms in total. The van der Waals surface area contributed by atoms with E-state index in [1.807, 2.05) is 12.1 Å². The van der Waals surface area contributed by atoms with Crippen LogP contribution < -0.4 is 4.74 Å². The quantitative estimate of drug-likeness (QED) is 0.904. The number of aliphatic hydroxyl groups excluding tert-OH is 1. The minimum Gasteiger partial charge on any atom is -0.496 e. The molecule has 0 bridgehead atoms. The second kappa shape index (κ2) is 7.44. The average Bonchev–Trinajstić information content (AvgIpc) is 2.54. The van der Waals surface area contributed by atoms with Crippen molar-refractivity contribution in [3.05, 3.63) is 29.3 Å². The zero-order chi connectivity index (χ0) is 15.2. The molecule has 0 aromatic heterocycles. The zero-order valence-electron chi connectivity index (χ0n) is 12.9. The number of ether oxygens (including phenoxy) is 1. The van der Waals surface area contributed by atoms with Crippen molar-refractivity contribution in [2.24, 2.45) is 5.92 Å². The van der Waals surface area contributed by atoms with E-state index in [9.17, 15) is 5.11 Å². The molecule has 0 amide bonds. The fraction of sp³-hybridized carbons (Fsp3) is 0.588. The summed E-state index contributed by atoms with van der Waals surface area (Å²) < 4.78 is 5.40. The summed E-state index contributed by atoms with van der Waals surface area (Å²) in [5.74, 6) is 1.32. The van der Waals surface area contributed by atoms with Crippen molar-refractivity contribution >= 4 is 0 Å². The van der Waals surface area contributed by atoms with Gasteiger partial charge in [0.25, 0.3) is 0 Å². The largest absolute Gasteiger partial charge is 0.496 e. The fourth-order valence-corrected chi connectivity index (χ4v) is 3.14. The molecule has 0 spiro atoms. The van der Waals surface area contributed by atoms with Crippen LogP contribution in [0.5, 0.6) is 5.75 Å². The van der Waals surface area contributed by atoms with Crippen molar-refractivity contribution in [1.82, 2.24) is 4.90 Å². The maximum absolute atomic E-state index is 9.22. The minimum atomic E-state index is 0.314. The SMILES string of the molecule is COc1ccc(C#N)cc1CN(C)C1CCC(CO)CC1. The second-order valence-electron chi connectivity index (χ2n) is 5.91. The summed E-state index contributed by atoms with van der Waals surface area (Å²) in [4.78, 5) is 2.34. The number of benzene rings is 1. The van der Waals surface area contributed by atoms with E-state index in [1.54, 1.807) is 13.2 Å². The lowest BCUT2D eigenvalue weighted by molar-refractivity contribution is 0.123. The Labute approximate surface area is 127 Å². The van der Waals surface area contributed by atoms with Crippen LogP contribution in [0.1, 0.15) is 36.8 Å². The van der Waals surface area contributed by atoms with Crippen LogP contribution in [0, 0.1) is 17.2 Å². The first-order chi connectivity index (χ1) is 10.2. The molecule has 1 fully saturated rings. The van der Waals surface area contributed by atoms with E-state index in [-0.39, 0.29) is 0 Å². The normalized spacial score (nSPS) is 22.0. The van der Waals surface area contributed by atoms with E-state index in [4.69, 9.17) is 10.00 Å². The predicted octanol–water partition coefficient (Wildman–Crippen LogP) is 2.55. The van der Waals surface area contributed by atoms with Crippen LogP contribution in [0.15, 0.2) is 18.2 Å². The van der Waals surface area contributed by atoms with Gasteiger partial charge in [-0.1, -0.05) is 0 Å². The smallest absolute Gasteiger partial charge is 0.123 e. The lowest BCUT2D eigenvalue weighted by Crippen LogP contribution is -2.35. The molecule has 2 rings (SSSR count). The Morgan fingerprint density at radius 3 is 2.62 bits per heavy atom. The maximum Gasteiger partial charge on any atom is 0.123 e. The highest BCUT2D eigenvalue weighted by Gasteiger charge is 2.24. The van der Waals surface area contributed by atoms with Gasteiger partial charge in [0, 0.05) is 24.8 Å². The van der Waals surface area contributed by atoms with Gasteiger partial charge in [0.1, 0.15) is 5.75 Å². The molecule has 1 saturated carbocycles. The summed E-state index contributed by atoms with van der Waals surface area (Å²) in [6.07, 6.45) is 4.45. The Kier molecular flexibility index (Phi) is 5.60. The number of aliphatic hydroxyl groups is 1. The van der Waals surface area contributed by atoms with E-state index in [0.717, 1.165) is 43.5 Å². The highest BCUT2D eigenvalue weighted by Crippen LogP contribution is 2.29. The van der Waals surface area contributed by atoms with Gasteiger partial charge in [-0.3, -0.25) is 4.90 Å². The lowest BCUT2D eigenvalue weighted by Gasteiger charge is -2.34. The van der Waals surface area contributed by atoms with Gasteiger partial charge in [0.05, 0.1) is 18.7 Å². The van der Waals surface area contributed by atoms with Crippen molar-refractivity contribution in [1.29, 1.82) is 5.26 Å². The summed E-state index contributed by atoms with van der Waals surface area (Å²) in [5.41, 5.74) is 1.73. The molecule has 1 aromatic rings. The van der Waals surface area contributed by atoms with E-state index < -0.39 is 0 Å². The molecule has 0 aliphatic heterocycles. The highest BCUT2D eigenvalue weighted by atomic mass is 16.5. The molecule has 0 heterocycles. The molecular weight excluding hydrogens is 264 g/mol. The molecular formula is C17H24N2O2. The molecule has 1 N–H and O–H groups in total. The van der Waals surface area contributed by atoms with Crippen molar-refractivity contribution in [3.8, 4) is 11.8 Å². The van der Waals surface area contributed by atoms with Crippen LogP contribution in [0.25, 0.3) is 0 Å². The van der Waals surface area contributed by atoms with Crippen LogP contribution in [0.4, 0.5) is 0 Å². The fourth-order valence-electron chi connectivity index (χ4n) is 3.14. The molecule has 114 valence electrons. The lowest BCUT2D eigenvalue weighted by atomic mass is 9.86. The monoisotopic (exact) mass is 288 g/mol. The van der Waals surface area contributed by atoms with Gasteiger partial charge in [-0.25, -0.2) is 0 Å². The number of nitriles is 1. The van der Waals surface area contributed by atoms with Gasteiger partial charge >= 0.3 is 0 Å². The Morgan fingerprint density at radius 2 is 2.05 bits per heavy atom. The van der Waals surface area contributed by atoms with Crippen LogP contribution in [-0.2, 0) is 6.54 Å². The van der Waals surface area contributed by atoms with E-state index in [2.05, 4.69) is 18.0 Å². The minimum absolute atomic E-state index is 0.314. The molecule has 0 radical (unpaired) electrons. The van der Waals surface area contributed by atoms with E-state index in [0.29, 0.717) is 24.1 Å². The van der Waals surface area contributed by atoms with Crippen LogP contribution in [0.2, 0.25) is 0 Å². The third-order valence-electron chi connectivity index (χ3n) is 4.53. The number of methoxy groups -OCH3 is 1. The van der Waals surface area contributed by atoms with Crippen molar-refractivity contribution < 1.29 is 9.84 Å². The number of hydrogen-bond acceptors (Lipinski definition) is 4. The number of hydrogen-bond donors (Lipinski definition) is 1. The second-order valence-corrected chi connectivity index (χ2v) is 5.91. The summed E-state index contributed by atoms with van der Waals surface area (Å²) in [6.45, 7) is 1.10. The van der Waals surface area contributed by atoms with Gasteiger partial charge in [0.15, 0.2) is 0 Å². The first kappa shape index (κ1) is 15.8. The standard InChI is InChI=1S/C17H24N2O2/c1-19(16-6-3-13(12-20)4-7-16)11-15-9-14(10-18)5-8-17(15)21-2/h5,8-9,13,16,20H,3-4,6-7,11-12H2,1-2H3. The summed E-state index contributed by atoms with van der Waals surface area (Å²) >= 11 is 0. The maximum atomic E-state index is 9.22. The molecule has 0 unspecified atom stereocenters. The van der Waals surface area contributed by atoms with Crippen molar-refractivity contribution in [2.75, 3.05) is 20.8 Å². The molecule has 0 atom stereocenters. The van der Waals surface area contributed by atoms with Gasteiger partial charge in [-0.2, -0.15) is 5.26 Å². The van der Waals surface area contributed by atoms with Gasteiger partial charge in [-0.05, 0) is 56.8 Å². The van der Waals surface area contributed by atoms with E-state index in [1.165, 1.54) is 0 Å².